The Bertz CT molecular complexity index is 1160. The number of rotatable bonds is 9. The van der Waals surface area contributed by atoms with Crippen molar-refractivity contribution in [3.63, 3.8) is 0 Å². The van der Waals surface area contributed by atoms with E-state index in [2.05, 4.69) is 19.5 Å². The fraction of sp³-hybridized carbons (Fsp3) is 0.571. The molecule has 1 saturated heterocycles. The Morgan fingerprint density at radius 2 is 2.11 bits per heavy atom. The molecule has 0 radical (unpaired) electrons. The van der Waals surface area contributed by atoms with Gasteiger partial charge in [-0.1, -0.05) is 11.6 Å². The lowest BCUT2D eigenvalue weighted by molar-refractivity contribution is 0.00736. The van der Waals surface area contributed by atoms with Gasteiger partial charge in [0.05, 0.1) is 33.6 Å². The Hall–Kier alpha value is -1.71. The van der Waals surface area contributed by atoms with Gasteiger partial charge in [0.15, 0.2) is 0 Å². The lowest BCUT2D eigenvalue weighted by atomic mass is 9.90. The number of carbonyl (C=O) groups excluding carboxylic acids is 1. The Kier molecular flexibility index (Phi) is 8.38. The molecule has 2 aromatic rings. The highest BCUT2D eigenvalue weighted by molar-refractivity contribution is 7.84. The number of aromatic nitrogens is 2. The predicted molar refractivity (Wildman–Crippen MR) is 128 cm³/mol. The minimum absolute atomic E-state index is 0.0102. The van der Waals surface area contributed by atoms with Crippen LogP contribution in [0.15, 0.2) is 18.6 Å². The van der Waals surface area contributed by atoms with Crippen molar-refractivity contribution in [2.24, 2.45) is 17.0 Å². The van der Waals surface area contributed by atoms with Crippen LogP contribution >= 0.6 is 22.9 Å². The summed E-state index contributed by atoms with van der Waals surface area (Å²) in [5.41, 5.74) is 0.742. The van der Waals surface area contributed by atoms with E-state index in [4.69, 9.17) is 21.5 Å². The van der Waals surface area contributed by atoms with Gasteiger partial charge in [0.1, 0.15) is 12.1 Å². The molecule has 35 heavy (non-hydrogen) atoms. The van der Waals surface area contributed by atoms with Gasteiger partial charge in [-0.3, -0.25) is 8.98 Å². The molecule has 11 nitrogen and oxygen atoms in total. The van der Waals surface area contributed by atoms with Crippen LogP contribution in [0.4, 0.5) is 5.82 Å². The summed E-state index contributed by atoms with van der Waals surface area (Å²) in [6, 6.07) is 1.34. The quantitative estimate of drug-likeness (QED) is 0.338. The van der Waals surface area contributed by atoms with Crippen LogP contribution in [0, 0.1) is 11.8 Å². The van der Waals surface area contributed by atoms with Gasteiger partial charge in [-0.25, -0.2) is 15.1 Å². The average molecular weight is 547 g/mol. The molecule has 1 unspecified atom stereocenters. The van der Waals surface area contributed by atoms with Crippen LogP contribution in [0.25, 0.3) is 0 Å². The van der Waals surface area contributed by atoms with Crippen LogP contribution in [0.3, 0.4) is 0 Å². The molecule has 2 aliphatic rings. The Morgan fingerprint density at radius 3 is 2.83 bits per heavy atom. The summed E-state index contributed by atoms with van der Waals surface area (Å²) >= 11 is 7.49. The fourth-order valence-electron chi connectivity index (χ4n) is 4.50. The standard InChI is InChI=1S/C21H27ClN4O7S2/c22-20-14(18(28)11-1-3-32-4-2-11)7-17(34-20)19(29)15-8-24-10-25-21(15)26-13-5-12(16(27)6-13)9-33-35(23,30)31/h7-8,10-13,16,18,27-28H,1-6,9H2,(H2,23,30,31)(H,24,25,26)/t12-,13-,16+,18?/m1/s1. The molecule has 2 fully saturated rings. The number of hydrogen-bond donors (Lipinski definition) is 4. The van der Waals surface area contributed by atoms with Crippen molar-refractivity contribution >= 4 is 44.8 Å². The van der Waals surface area contributed by atoms with Crippen LogP contribution in [-0.2, 0) is 19.2 Å². The van der Waals surface area contributed by atoms with E-state index in [-0.39, 0.29) is 35.7 Å². The van der Waals surface area contributed by atoms with Gasteiger partial charge in [-0.2, -0.15) is 8.42 Å². The minimum atomic E-state index is -4.11. The van der Waals surface area contributed by atoms with E-state index in [1.165, 1.54) is 12.5 Å². The molecule has 3 heterocycles. The number of ether oxygens (including phenoxy) is 1. The predicted octanol–water partition coefficient (Wildman–Crippen LogP) is 1.65. The Labute approximate surface area is 211 Å². The summed E-state index contributed by atoms with van der Waals surface area (Å²) in [5, 5.41) is 29.1. The average Bonchev–Trinajstić information content (AvgIpc) is 3.39. The van der Waals surface area contributed by atoms with Gasteiger partial charge in [0, 0.05) is 36.9 Å². The lowest BCUT2D eigenvalue weighted by Crippen LogP contribution is -2.24. The van der Waals surface area contributed by atoms with Crippen LogP contribution in [0.1, 0.15) is 52.6 Å². The van der Waals surface area contributed by atoms with Crippen molar-refractivity contribution in [3.8, 4) is 0 Å². The summed E-state index contributed by atoms with van der Waals surface area (Å²) in [7, 11) is -4.11. The van der Waals surface area contributed by atoms with E-state index in [0.717, 1.165) is 11.3 Å². The van der Waals surface area contributed by atoms with E-state index in [9.17, 15) is 23.4 Å². The number of thiophene rings is 1. The van der Waals surface area contributed by atoms with E-state index in [0.29, 0.717) is 53.7 Å². The zero-order chi connectivity index (χ0) is 25.2. The highest BCUT2D eigenvalue weighted by atomic mass is 35.5. The first kappa shape index (κ1) is 26.4. The number of aliphatic hydroxyl groups is 2. The number of hydrogen-bond acceptors (Lipinski definition) is 11. The second-order valence-electron chi connectivity index (χ2n) is 8.77. The zero-order valence-corrected chi connectivity index (χ0v) is 21.1. The summed E-state index contributed by atoms with van der Waals surface area (Å²) in [4.78, 5) is 21.8. The molecule has 1 saturated carbocycles. The Morgan fingerprint density at radius 1 is 1.37 bits per heavy atom. The molecule has 14 heteroatoms. The van der Waals surface area contributed by atoms with Crippen molar-refractivity contribution in [2.75, 3.05) is 25.1 Å². The highest BCUT2D eigenvalue weighted by Crippen LogP contribution is 2.39. The number of anilines is 1. The number of aliphatic hydroxyl groups excluding tert-OH is 2. The number of nitrogens with zero attached hydrogens (tertiary/aromatic N) is 2. The first-order valence-electron chi connectivity index (χ1n) is 11.1. The van der Waals surface area contributed by atoms with Crippen molar-refractivity contribution in [2.45, 2.75) is 43.9 Å². The maximum absolute atomic E-state index is 13.3. The minimum Gasteiger partial charge on any atom is -0.393 e. The van der Waals surface area contributed by atoms with Gasteiger partial charge >= 0.3 is 10.3 Å². The second kappa shape index (κ2) is 11.1. The topological polar surface area (TPSA) is 174 Å². The molecular formula is C21H27ClN4O7S2. The monoisotopic (exact) mass is 546 g/mol. The number of nitrogens with one attached hydrogen (secondary N) is 1. The van der Waals surface area contributed by atoms with Gasteiger partial charge < -0.3 is 20.3 Å². The van der Waals surface area contributed by atoms with Gasteiger partial charge in [-0.15, -0.1) is 11.3 Å². The van der Waals surface area contributed by atoms with Crippen molar-refractivity contribution in [3.05, 3.63) is 38.9 Å². The van der Waals surface area contributed by atoms with E-state index >= 15 is 0 Å². The van der Waals surface area contributed by atoms with Gasteiger partial charge in [-0.05, 0) is 37.7 Å². The summed E-state index contributed by atoms with van der Waals surface area (Å²) in [6.45, 7) is 0.923. The molecule has 0 spiro atoms. The first-order chi connectivity index (χ1) is 16.6. The first-order valence-corrected chi connectivity index (χ1v) is 13.8. The van der Waals surface area contributed by atoms with Gasteiger partial charge in [0.2, 0.25) is 5.78 Å². The van der Waals surface area contributed by atoms with E-state index in [1.807, 2.05) is 0 Å². The molecule has 4 atom stereocenters. The molecule has 0 aromatic carbocycles. The van der Waals surface area contributed by atoms with Crippen LogP contribution < -0.4 is 10.5 Å². The fourth-order valence-corrected chi connectivity index (χ4v) is 6.16. The maximum Gasteiger partial charge on any atom is 0.333 e. The Balaban J connectivity index is 1.47. The third kappa shape index (κ3) is 6.54. The highest BCUT2D eigenvalue weighted by Gasteiger charge is 2.35. The van der Waals surface area contributed by atoms with Crippen LogP contribution in [0.2, 0.25) is 4.34 Å². The second-order valence-corrected chi connectivity index (χ2v) is 11.6. The lowest BCUT2D eigenvalue weighted by Gasteiger charge is -2.26. The molecular weight excluding hydrogens is 520 g/mol. The molecule has 0 amide bonds. The number of carbonyl (C=O) groups is 1. The smallest absolute Gasteiger partial charge is 0.333 e. The summed E-state index contributed by atoms with van der Waals surface area (Å²) in [6.07, 6.45) is 3.23. The summed E-state index contributed by atoms with van der Waals surface area (Å²) < 4.78 is 32.4. The number of nitrogens with two attached hydrogens (primary N) is 1. The molecule has 192 valence electrons. The molecule has 4 rings (SSSR count). The van der Waals surface area contributed by atoms with Gasteiger partial charge in [0.25, 0.3) is 0 Å². The number of halogens is 1. The maximum atomic E-state index is 13.3. The summed E-state index contributed by atoms with van der Waals surface area (Å²) in [5.74, 6) is -0.502. The normalized spacial score (nSPS) is 24.4. The van der Waals surface area contributed by atoms with E-state index < -0.39 is 28.4 Å². The number of ketones is 1. The zero-order valence-electron chi connectivity index (χ0n) is 18.7. The SMILES string of the molecule is NS(=O)(=O)OC[C@H]1C[C@@H](Nc2ncncc2C(=O)c2cc(C(O)C3CCOCC3)c(Cl)s2)C[C@@H]1O. The molecule has 0 bridgehead atoms. The van der Waals surface area contributed by atoms with Crippen molar-refractivity contribution in [1.29, 1.82) is 0 Å². The van der Waals surface area contributed by atoms with E-state index in [1.54, 1.807) is 6.07 Å². The van der Waals surface area contributed by atoms with Crippen molar-refractivity contribution in [1.82, 2.24) is 9.97 Å². The largest absolute Gasteiger partial charge is 0.393 e. The van der Waals surface area contributed by atoms with Crippen LogP contribution in [-0.4, -0.2) is 66.3 Å². The molecule has 5 N–H and O–H groups in total. The third-order valence-electron chi connectivity index (χ3n) is 6.37. The van der Waals surface area contributed by atoms with Crippen LogP contribution in [0.5, 0.6) is 0 Å². The van der Waals surface area contributed by atoms with Crippen molar-refractivity contribution < 1.29 is 32.3 Å². The molecule has 1 aliphatic heterocycles. The third-order valence-corrected chi connectivity index (χ3v) is 8.22. The molecule has 1 aliphatic carbocycles. The molecule has 2 aromatic heterocycles.